The molecule has 0 saturated heterocycles. The first-order chi connectivity index (χ1) is 9.88. The van der Waals surface area contributed by atoms with Gasteiger partial charge in [0.05, 0.1) is 23.4 Å². The van der Waals surface area contributed by atoms with E-state index in [0.717, 1.165) is 6.07 Å². The number of rotatable bonds is 4. The smallest absolute Gasteiger partial charge is 0.418 e. The fourth-order valence-corrected chi connectivity index (χ4v) is 1.78. The Morgan fingerprint density at radius 1 is 1.24 bits per heavy atom. The summed E-state index contributed by atoms with van der Waals surface area (Å²) in [5, 5.41) is 11.5. The summed E-state index contributed by atoms with van der Waals surface area (Å²) in [6, 6.07) is 7.70. The Labute approximate surface area is 118 Å². The minimum absolute atomic E-state index is 0.00574. The van der Waals surface area contributed by atoms with Crippen LogP contribution in [0.5, 0.6) is 0 Å². The Bertz CT molecular complexity index is 657. The Kier molecular flexibility index (Phi) is 4.11. The second-order valence-corrected chi connectivity index (χ2v) is 4.24. The molecule has 0 bridgehead atoms. The standard InChI is InChI=1S/C14H11F3N2O2/c15-14(16,17)11-3-1-2-4-12(11)19-8-10-7-9(13(20)21)5-6-18-10/h1-7,19H,8H2,(H,20,21). The maximum absolute atomic E-state index is 12.8. The zero-order valence-corrected chi connectivity index (χ0v) is 10.7. The largest absolute Gasteiger partial charge is 0.478 e. The summed E-state index contributed by atoms with van der Waals surface area (Å²) in [7, 11) is 0. The summed E-state index contributed by atoms with van der Waals surface area (Å²) in [5.74, 6) is -1.12. The number of aromatic nitrogens is 1. The molecule has 2 rings (SSSR count). The number of para-hydroxylation sites is 1. The van der Waals surface area contributed by atoms with Gasteiger partial charge in [-0.3, -0.25) is 4.98 Å². The fraction of sp³-hybridized carbons (Fsp3) is 0.143. The van der Waals surface area contributed by atoms with Crippen LogP contribution in [0.15, 0.2) is 42.6 Å². The van der Waals surface area contributed by atoms with Crippen molar-refractivity contribution >= 4 is 11.7 Å². The molecule has 0 aliphatic heterocycles. The molecule has 110 valence electrons. The highest BCUT2D eigenvalue weighted by atomic mass is 19.4. The second-order valence-electron chi connectivity index (χ2n) is 4.24. The van der Waals surface area contributed by atoms with Crippen LogP contribution in [0.25, 0.3) is 0 Å². The lowest BCUT2D eigenvalue weighted by Gasteiger charge is -2.14. The molecule has 1 heterocycles. The zero-order valence-electron chi connectivity index (χ0n) is 10.7. The Balaban J connectivity index is 2.17. The second kappa shape index (κ2) is 5.82. The SMILES string of the molecule is O=C(O)c1ccnc(CNc2ccccc2C(F)(F)F)c1. The van der Waals surface area contributed by atoms with E-state index >= 15 is 0 Å². The maximum Gasteiger partial charge on any atom is 0.418 e. The molecule has 2 N–H and O–H groups in total. The summed E-state index contributed by atoms with van der Waals surface area (Å²) >= 11 is 0. The van der Waals surface area contributed by atoms with Gasteiger partial charge in [0.1, 0.15) is 0 Å². The predicted octanol–water partition coefficient (Wildman–Crippen LogP) is 3.41. The lowest BCUT2D eigenvalue weighted by atomic mass is 10.1. The Hall–Kier alpha value is -2.57. The van der Waals surface area contributed by atoms with Crippen LogP contribution in [0.2, 0.25) is 0 Å². The molecule has 0 atom stereocenters. The molecule has 0 aliphatic rings. The molecule has 0 fully saturated rings. The van der Waals surface area contributed by atoms with Crippen molar-refractivity contribution in [2.45, 2.75) is 12.7 Å². The number of benzene rings is 1. The number of carboxylic acid groups (broad SMARTS) is 1. The van der Waals surface area contributed by atoms with Crippen molar-refractivity contribution in [2.24, 2.45) is 0 Å². The summed E-state index contributed by atoms with van der Waals surface area (Å²) in [6.07, 6.45) is -3.16. The number of nitrogens with one attached hydrogen (secondary N) is 1. The van der Waals surface area contributed by atoms with Crippen LogP contribution in [0, 0.1) is 0 Å². The molecule has 21 heavy (non-hydrogen) atoms. The third-order valence-electron chi connectivity index (χ3n) is 2.76. The molecule has 7 heteroatoms. The summed E-state index contributed by atoms with van der Waals surface area (Å²) < 4.78 is 38.4. The molecule has 0 spiro atoms. The van der Waals surface area contributed by atoms with Gasteiger partial charge in [0.25, 0.3) is 0 Å². The number of aromatic carboxylic acids is 1. The van der Waals surface area contributed by atoms with Gasteiger partial charge in [-0.25, -0.2) is 4.79 Å². The van der Waals surface area contributed by atoms with E-state index in [1.165, 1.54) is 36.5 Å². The number of carbonyl (C=O) groups is 1. The van der Waals surface area contributed by atoms with Crippen LogP contribution >= 0.6 is 0 Å². The first-order valence-electron chi connectivity index (χ1n) is 5.96. The first kappa shape index (κ1) is 14.8. The monoisotopic (exact) mass is 296 g/mol. The summed E-state index contributed by atoms with van der Waals surface area (Å²) in [4.78, 5) is 14.7. The Morgan fingerprint density at radius 2 is 1.95 bits per heavy atom. The van der Waals surface area contributed by atoms with Crippen LogP contribution in [-0.2, 0) is 12.7 Å². The first-order valence-corrected chi connectivity index (χ1v) is 5.96. The average Bonchev–Trinajstić information content (AvgIpc) is 2.45. The molecule has 0 saturated carbocycles. The van der Waals surface area contributed by atoms with Crippen molar-refractivity contribution in [1.82, 2.24) is 4.98 Å². The van der Waals surface area contributed by atoms with E-state index in [-0.39, 0.29) is 17.8 Å². The molecular formula is C14H11F3N2O2. The molecule has 4 nitrogen and oxygen atoms in total. The quantitative estimate of drug-likeness (QED) is 0.907. The lowest BCUT2D eigenvalue weighted by Crippen LogP contribution is -2.11. The van der Waals surface area contributed by atoms with Crippen LogP contribution in [-0.4, -0.2) is 16.1 Å². The van der Waals surface area contributed by atoms with Crippen molar-refractivity contribution < 1.29 is 23.1 Å². The highest BCUT2D eigenvalue weighted by Crippen LogP contribution is 2.34. The zero-order chi connectivity index (χ0) is 15.5. The highest BCUT2D eigenvalue weighted by Gasteiger charge is 2.33. The topological polar surface area (TPSA) is 62.2 Å². The van der Waals surface area contributed by atoms with E-state index in [1.807, 2.05) is 0 Å². The molecule has 1 aromatic heterocycles. The molecule has 0 amide bonds. The van der Waals surface area contributed by atoms with Crippen molar-refractivity contribution in [1.29, 1.82) is 0 Å². The minimum Gasteiger partial charge on any atom is -0.478 e. The molecular weight excluding hydrogens is 285 g/mol. The number of hydrogen-bond acceptors (Lipinski definition) is 3. The average molecular weight is 296 g/mol. The van der Waals surface area contributed by atoms with E-state index in [4.69, 9.17) is 5.11 Å². The number of halogens is 3. The van der Waals surface area contributed by atoms with Crippen molar-refractivity contribution in [3.8, 4) is 0 Å². The van der Waals surface area contributed by atoms with Gasteiger partial charge in [0, 0.05) is 11.9 Å². The van der Waals surface area contributed by atoms with Crippen LogP contribution in [0.4, 0.5) is 18.9 Å². The van der Waals surface area contributed by atoms with E-state index in [1.54, 1.807) is 0 Å². The lowest BCUT2D eigenvalue weighted by molar-refractivity contribution is -0.137. The number of alkyl halides is 3. The number of hydrogen-bond donors (Lipinski definition) is 2. The maximum atomic E-state index is 12.8. The van der Waals surface area contributed by atoms with Crippen molar-refractivity contribution in [3.05, 3.63) is 59.4 Å². The van der Waals surface area contributed by atoms with Gasteiger partial charge in [-0.2, -0.15) is 13.2 Å². The summed E-state index contributed by atoms with van der Waals surface area (Å²) in [6.45, 7) is -0.00574. The number of carboxylic acids is 1. The van der Waals surface area contributed by atoms with Gasteiger partial charge in [0.15, 0.2) is 0 Å². The van der Waals surface area contributed by atoms with Gasteiger partial charge >= 0.3 is 12.1 Å². The van der Waals surface area contributed by atoms with E-state index in [9.17, 15) is 18.0 Å². The van der Waals surface area contributed by atoms with Crippen molar-refractivity contribution in [3.63, 3.8) is 0 Å². The fourth-order valence-electron chi connectivity index (χ4n) is 1.78. The van der Waals surface area contributed by atoms with Gasteiger partial charge in [-0.05, 0) is 24.3 Å². The number of pyridine rings is 1. The normalized spacial score (nSPS) is 11.2. The molecule has 1 aromatic carbocycles. The van der Waals surface area contributed by atoms with Gasteiger partial charge in [0.2, 0.25) is 0 Å². The third-order valence-corrected chi connectivity index (χ3v) is 2.76. The molecule has 0 unspecified atom stereocenters. The molecule has 0 aliphatic carbocycles. The molecule has 0 radical (unpaired) electrons. The van der Waals surface area contributed by atoms with Crippen LogP contribution in [0.1, 0.15) is 21.6 Å². The summed E-state index contributed by atoms with van der Waals surface area (Å²) in [5.41, 5.74) is -0.482. The highest BCUT2D eigenvalue weighted by molar-refractivity contribution is 5.87. The Morgan fingerprint density at radius 3 is 2.62 bits per heavy atom. The van der Waals surface area contributed by atoms with E-state index in [2.05, 4.69) is 10.3 Å². The van der Waals surface area contributed by atoms with E-state index in [0.29, 0.717) is 5.69 Å². The predicted molar refractivity (Wildman–Crippen MR) is 70.0 cm³/mol. The minimum atomic E-state index is -4.46. The van der Waals surface area contributed by atoms with Gasteiger partial charge < -0.3 is 10.4 Å². The third kappa shape index (κ3) is 3.71. The van der Waals surface area contributed by atoms with E-state index < -0.39 is 17.7 Å². The molecule has 2 aromatic rings. The van der Waals surface area contributed by atoms with Gasteiger partial charge in [-0.1, -0.05) is 12.1 Å². The number of anilines is 1. The van der Waals surface area contributed by atoms with Crippen LogP contribution in [0.3, 0.4) is 0 Å². The van der Waals surface area contributed by atoms with Crippen molar-refractivity contribution in [2.75, 3.05) is 5.32 Å². The van der Waals surface area contributed by atoms with Crippen LogP contribution < -0.4 is 5.32 Å². The van der Waals surface area contributed by atoms with Gasteiger partial charge in [-0.15, -0.1) is 0 Å². The number of nitrogens with zero attached hydrogens (tertiary/aromatic N) is 1.